The first-order valence-corrected chi connectivity index (χ1v) is 4.20. The monoisotopic (exact) mass is 148 g/mol. The van der Waals surface area contributed by atoms with Crippen LogP contribution in [0.15, 0.2) is 37.0 Å². The van der Waals surface area contributed by atoms with Gasteiger partial charge >= 0.3 is 0 Å². The van der Waals surface area contributed by atoms with E-state index >= 15 is 0 Å². The zero-order valence-corrected chi connectivity index (χ0v) is 7.22. The molecule has 0 heteroatoms. The SMILES string of the molecule is C=CC1C=CCCC1C(=C)C. The molecule has 0 N–H and O–H groups in total. The molecule has 0 aromatic heterocycles. The molecule has 0 aromatic rings. The Balaban J connectivity index is 2.70. The van der Waals surface area contributed by atoms with Crippen LogP contribution in [0, 0.1) is 11.8 Å². The van der Waals surface area contributed by atoms with E-state index in [2.05, 4.69) is 32.2 Å². The van der Waals surface area contributed by atoms with Crippen LogP contribution in [0.4, 0.5) is 0 Å². The van der Waals surface area contributed by atoms with Crippen LogP contribution in [0.25, 0.3) is 0 Å². The first kappa shape index (κ1) is 8.32. The van der Waals surface area contributed by atoms with Gasteiger partial charge in [-0.15, -0.1) is 6.58 Å². The second-order valence-electron chi connectivity index (χ2n) is 3.27. The van der Waals surface area contributed by atoms with Gasteiger partial charge in [-0.05, 0) is 25.7 Å². The van der Waals surface area contributed by atoms with Crippen molar-refractivity contribution in [2.75, 3.05) is 0 Å². The van der Waals surface area contributed by atoms with Crippen LogP contribution < -0.4 is 0 Å². The molecule has 1 aliphatic rings. The summed E-state index contributed by atoms with van der Waals surface area (Å²) in [6, 6.07) is 0. The summed E-state index contributed by atoms with van der Waals surface area (Å²) < 4.78 is 0. The van der Waals surface area contributed by atoms with Gasteiger partial charge < -0.3 is 0 Å². The zero-order chi connectivity index (χ0) is 8.27. The topological polar surface area (TPSA) is 0 Å². The molecule has 11 heavy (non-hydrogen) atoms. The number of allylic oxidation sites excluding steroid dienone is 4. The van der Waals surface area contributed by atoms with Crippen LogP contribution in [0.5, 0.6) is 0 Å². The van der Waals surface area contributed by atoms with Crippen molar-refractivity contribution in [3.05, 3.63) is 37.0 Å². The molecule has 0 nitrogen and oxygen atoms in total. The molecule has 0 radical (unpaired) electrons. The Hall–Kier alpha value is -0.780. The fourth-order valence-corrected chi connectivity index (χ4v) is 1.67. The molecule has 0 saturated heterocycles. The summed E-state index contributed by atoms with van der Waals surface area (Å²) in [4.78, 5) is 0. The Bertz CT molecular complexity index is 186. The molecule has 0 aromatic carbocycles. The summed E-state index contributed by atoms with van der Waals surface area (Å²) in [5, 5.41) is 0. The van der Waals surface area contributed by atoms with E-state index in [9.17, 15) is 0 Å². The first-order chi connectivity index (χ1) is 5.25. The third-order valence-electron chi connectivity index (χ3n) is 2.37. The first-order valence-electron chi connectivity index (χ1n) is 4.20. The van der Waals surface area contributed by atoms with Crippen LogP contribution in [0.1, 0.15) is 19.8 Å². The highest BCUT2D eigenvalue weighted by molar-refractivity contribution is 5.13. The van der Waals surface area contributed by atoms with E-state index < -0.39 is 0 Å². The molecule has 2 atom stereocenters. The molecule has 0 spiro atoms. The Morgan fingerprint density at radius 1 is 1.64 bits per heavy atom. The molecule has 0 bridgehead atoms. The fraction of sp³-hybridized carbons (Fsp3) is 0.455. The van der Waals surface area contributed by atoms with E-state index in [0.717, 1.165) is 0 Å². The van der Waals surface area contributed by atoms with Crippen molar-refractivity contribution < 1.29 is 0 Å². The molecule has 0 amide bonds. The predicted octanol–water partition coefficient (Wildman–Crippen LogP) is 3.33. The lowest BCUT2D eigenvalue weighted by Crippen LogP contribution is -2.14. The van der Waals surface area contributed by atoms with Crippen LogP contribution in [-0.2, 0) is 0 Å². The molecule has 2 unspecified atom stereocenters. The largest absolute Gasteiger partial charge is 0.102 e. The molecule has 0 saturated carbocycles. The van der Waals surface area contributed by atoms with Crippen molar-refractivity contribution in [1.29, 1.82) is 0 Å². The minimum atomic E-state index is 0.529. The van der Waals surface area contributed by atoms with Crippen LogP contribution in [0.3, 0.4) is 0 Å². The van der Waals surface area contributed by atoms with E-state index in [1.165, 1.54) is 18.4 Å². The maximum atomic E-state index is 4.00. The number of hydrogen-bond donors (Lipinski definition) is 0. The molecular weight excluding hydrogens is 132 g/mol. The maximum Gasteiger partial charge on any atom is 0.000927 e. The minimum absolute atomic E-state index is 0.529. The van der Waals surface area contributed by atoms with Crippen LogP contribution in [-0.4, -0.2) is 0 Å². The molecule has 0 heterocycles. The van der Waals surface area contributed by atoms with Gasteiger partial charge in [0.25, 0.3) is 0 Å². The maximum absolute atomic E-state index is 4.00. The Morgan fingerprint density at radius 2 is 2.36 bits per heavy atom. The Kier molecular flexibility index (Phi) is 2.70. The van der Waals surface area contributed by atoms with E-state index in [1.807, 2.05) is 6.08 Å². The number of rotatable bonds is 2. The van der Waals surface area contributed by atoms with E-state index in [-0.39, 0.29) is 0 Å². The highest BCUT2D eigenvalue weighted by Crippen LogP contribution is 2.30. The quantitative estimate of drug-likeness (QED) is 0.527. The average Bonchev–Trinajstić information content (AvgIpc) is 2.04. The van der Waals surface area contributed by atoms with Gasteiger partial charge in [0.2, 0.25) is 0 Å². The second kappa shape index (κ2) is 3.56. The zero-order valence-electron chi connectivity index (χ0n) is 7.22. The van der Waals surface area contributed by atoms with Gasteiger partial charge in [-0.1, -0.05) is 30.4 Å². The van der Waals surface area contributed by atoms with Crippen molar-refractivity contribution in [3.63, 3.8) is 0 Å². The summed E-state index contributed by atoms with van der Waals surface area (Å²) in [7, 11) is 0. The van der Waals surface area contributed by atoms with Crippen molar-refractivity contribution in [2.24, 2.45) is 11.8 Å². The number of hydrogen-bond acceptors (Lipinski definition) is 0. The highest BCUT2D eigenvalue weighted by atomic mass is 14.2. The molecule has 1 rings (SSSR count). The molecule has 0 aliphatic heterocycles. The van der Waals surface area contributed by atoms with Gasteiger partial charge in [0, 0.05) is 5.92 Å². The van der Waals surface area contributed by atoms with E-state index in [1.54, 1.807) is 0 Å². The van der Waals surface area contributed by atoms with E-state index in [0.29, 0.717) is 11.8 Å². The summed E-state index contributed by atoms with van der Waals surface area (Å²) in [5.41, 5.74) is 1.29. The summed E-state index contributed by atoms with van der Waals surface area (Å²) in [6.07, 6.45) is 8.95. The molecule has 0 fully saturated rings. The Morgan fingerprint density at radius 3 is 2.82 bits per heavy atom. The third kappa shape index (κ3) is 1.83. The molecule has 60 valence electrons. The second-order valence-corrected chi connectivity index (χ2v) is 3.27. The van der Waals surface area contributed by atoms with Gasteiger partial charge in [0.1, 0.15) is 0 Å². The van der Waals surface area contributed by atoms with Crippen LogP contribution >= 0.6 is 0 Å². The van der Waals surface area contributed by atoms with Gasteiger partial charge in [0.05, 0.1) is 0 Å². The Labute approximate surface area is 69.3 Å². The van der Waals surface area contributed by atoms with Gasteiger partial charge in [-0.3, -0.25) is 0 Å². The van der Waals surface area contributed by atoms with E-state index in [4.69, 9.17) is 0 Å². The fourth-order valence-electron chi connectivity index (χ4n) is 1.67. The normalized spacial score (nSPS) is 29.9. The molecular formula is C11H16. The summed E-state index contributed by atoms with van der Waals surface area (Å²) >= 11 is 0. The summed E-state index contributed by atoms with van der Waals surface area (Å²) in [6.45, 7) is 9.93. The minimum Gasteiger partial charge on any atom is -0.102 e. The van der Waals surface area contributed by atoms with Crippen molar-refractivity contribution in [1.82, 2.24) is 0 Å². The highest BCUT2D eigenvalue weighted by Gasteiger charge is 2.18. The lowest BCUT2D eigenvalue weighted by Gasteiger charge is -2.25. The van der Waals surface area contributed by atoms with Crippen LogP contribution in [0.2, 0.25) is 0 Å². The summed E-state index contributed by atoms with van der Waals surface area (Å²) in [5.74, 6) is 1.17. The smallest absolute Gasteiger partial charge is 0.000927 e. The van der Waals surface area contributed by atoms with Gasteiger partial charge in [-0.2, -0.15) is 0 Å². The lowest BCUT2D eigenvalue weighted by molar-refractivity contribution is 0.473. The van der Waals surface area contributed by atoms with Crippen molar-refractivity contribution >= 4 is 0 Å². The van der Waals surface area contributed by atoms with Gasteiger partial charge in [-0.25, -0.2) is 0 Å². The average molecular weight is 148 g/mol. The van der Waals surface area contributed by atoms with Crippen molar-refractivity contribution in [3.8, 4) is 0 Å². The predicted molar refractivity (Wildman–Crippen MR) is 50.4 cm³/mol. The lowest BCUT2D eigenvalue weighted by atomic mass is 9.80. The van der Waals surface area contributed by atoms with Crippen molar-refractivity contribution in [2.45, 2.75) is 19.8 Å². The van der Waals surface area contributed by atoms with Gasteiger partial charge in [0.15, 0.2) is 0 Å². The third-order valence-corrected chi connectivity index (χ3v) is 2.37. The standard InChI is InChI=1S/C11H16/c1-4-10-7-5-6-8-11(10)9(2)3/h4-5,7,10-11H,1-2,6,8H2,3H3. The molecule has 1 aliphatic carbocycles.